The van der Waals surface area contributed by atoms with Gasteiger partial charge in [0.05, 0.1) is 40.0 Å². The van der Waals surface area contributed by atoms with E-state index >= 15 is 0 Å². The van der Waals surface area contributed by atoms with Crippen LogP contribution < -0.4 is 20.7 Å². The SMILES string of the molecule is Cn1nc(NC(=O)CCNC=O)c2ccc(C3CCN(CC(C)(O)Cc4cc(S(=O)N5CCC(Nc6ncc(OC(F)F)cn6)CC5)ccc4C#N)CC3)cc21. The number of nitriles is 1. The molecule has 0 spiro atoms. The van der Waals surface area contributed by atoms with Gasteiger partial charge in [-0.25, -0.2) is 18.5 Å². The number of rotatable bonds is 16. The highest BCUT2D eigenvalue weighted by atomic mass is 32.2. The van der Waals surface area contributed by atoms with E-state index in [-0.39, 0.29) is 37.1 Å². The van der Waals surface area contributed by atoms with Crippen LogP contribution in [-0.2, 0) is 34.0 Å². The van der Waals surface area contributed by atoms with Crippen molar-refractivity contribution in [1.82, 2.24) is 34.3 Å². The standard InChI is InChI=1S/C38H46F2N10O5S/c1-38(53,23-49-13-8-25(9-14-49)26-4-6-32-33(18-26)48(2)47-35(32)46-34(52)7-12-42-24-51)19-28-17-31(5-3-27(28)20-41)56(54)50-15-10-29(11-16-50)45-37-43-21-30(22-44-37)55-36(39)40/h3-6,17-18,21-22,24-25,29,36,53H,7-16,19,23H2,1-2H3,(H,42,51)(H,43,44,45)(H,46,47,52). The number of β-amino-alcohol motifs (C(OH)–C–C–N with tert-alkyl or cyclic N) is 1. The number of alkyl halides is 2. The number of fused-ring (bicyclic) bond motifs is 1. The number of amides is 2. The second kappa shape index (κ2) is 18.2. The molecule has 15 nitrogen and oxygen atoms in total. The molecule has 2 aromatic heterocycles. The van der Waals surface area contributed by atoms with Crippen LogP contribution in [0.5, 0.6) is 5.75 Å². The summed E-state index contributed by atoms with van der Waals surface area (Å²) >= 11 is 0. The number of nitrogens with one attached hydrogen (secondary N) is 3. The van der Waals surface area contributed by atoms with Crippen LogP contribution in [0.4, 0.5) is 20.5 Å². The lowest BCUT2D eigenvalue weighted by molar-refractivity contribution is -0.116. The lowest BCUT2D eigenvalue weighted by Gasteiger charge is -2.37. The Morgan fingerprint density at radius 2 is 1.86 bits per heavy atom. The molecule has 0 bridgehead atoms. The van der Waals surface area contributed by atoms with Crippen LogP contribution in [0.1, 0.15) is 61.6 Å². The van der Waals surface area contributed by atoms with E-state index in [4.69, 9.17) is 0 Å². The first-order valence-corrected chi connectivity index (χ1v) is 19.6. The number of aryl methyl sites for hydroxylation is 1. The first kappa shape index (κ1) is 40.6. The van der Waals surface area contributed by atoms with E-state index in [0.717, 1.165) is 36.8 Å². The smallest absolute Gasteiger partial charge is 0.387 e. The van der Waals surface area contributed by atoms with Crippen molar-refractivity contribution < 1.29 is 32.4 Å². The minimum absolute atomic E-state index is 0.00474. The Morgan fingerprint density at radius 3 is 2.54 bits per heavy atom. The summed E-state index contributed by atoms with van der Waals surface area (Å²) in [6.07, 6.45) is 6.39. The molecule has 0 aliphatic carbocycles. The number of piperidine rings is 2. The van der Waals surface area contributed by atoms with Gasteiger partial charge in [0.2, 0.25) is 18.3 Å². The maximum atomic E-state index is 13.7. The van der Waals surface area contributed by atoms with Gasteiger partial charge in [0.1, 0.15) is 11.0 Å². The number of benzene rings is 2. The molecular weight excluding hydrogens is 747 g/mol. The van der Waals surface area contributed by atoms with Crippen molar-refractivity contribution in [3.63, 3.8) is 0 Å². The van der Waals surface area contributed by atoms with Gasteiger partial charge in [-0.1, -0.05) is 6.07 Å². The zero-order valence-corrected chi connectivity index (χ0v) is 32.1. The van der Waals surface area contributed by atoms with Crippen LogP contribution in [0.15, 0.2) is 53.7 Å². The van der Waals surface area contributed by atoms with E-state index < -0.39 is 23.2 Å². The van der Waals surface area contributed by atoms with Crippen molar-refractivity contribution in [1.29, 1.82) is 5.26 Å². The number of carbonyl (C=O) groups excluding carboxylic acids is 2. The number of aliphatic hydroxyl groups is 1. The third-order valence-electron chi connectivity index (χ3n) is 10.2. The van der Waals surface area contributed by atoms with Crippen molar-refractivity contribution in [2.24, 2.45) is 7.05 Å². The molecule has 2 aliphatic rings. The summed E-state index contributed by atoms with van der Waals surface area (Å²) in [5.74, 6) is 0.739. The average Bonchev–Trinajstić information content (AvgIpc) is 3.48. The van der Waals surface area contributed by atoms with Gasteiger partial charge < -0.3 is 30.7 Å². The van der Waals surface area contributed by atoms with Crippen molar-refractivity contribution in [3.05, 3.63) is 65.5 Å². The van der Waals surface area contributed by atoms with Gasteiger partial charge in [-0.2, -0.15) is 19.1 Å². The molecule has 4 N–H and O–H groups in total. The summed E-state index contributed by atoms with van der Waals surface area (Å²) in [7, 11) is 0.357. The summed E-state index contributed by atoms with van der Waals surface area (Å²) in [5.41, 5.74) is 2.02. The molecule has 0 radical (unpaired) electrons. The number of aromatic nitrogens is 4. The monoisotopic (exact) mass is 792 g/mol. The minimum atomic E-state index is -2.95. The van der Waals surface area contributed by atoms with Crippen LogP contribution >= 0.6 is 0 Å². The normalized spacial score (nSPS) is 17.6. The van der Waals surface area contributed by atoms with E-state index in [1.807, 2.05) is 17.4 Å². The largest absolute Gasteiger partial charge is 0.432 e. The van der Waals surface area contributed by atoms with Crippen molar-refractivity contribution in [2.45, 2.75) is 74.5 Å². The maximum absolute atomic E-state index is 13.7. The molecule has 4 aromatic rings. The third kappa shape index (κ3) is 10.4. The van der Waals surface area contributed by atoms with Gasteiger partial charge in [0.25, 0.3) is 0 Å². The van der Waals surface area contributed by atoms with Crippen LogP contribution in [0.25, 0.3) is 10.9 Å². The molecule has 4 heterocycles. The van der Waals surface area contributed by atoms with Gasteiger partial charge >= 0.3 is 6.61 Å². The summed E-state index contributed by atoms with van der Waals surface area (Å²) in [5, 5.41) is 35.4. The molecule has 2 fully saturated rings. The Hall–Kier alpha value is -5.09. The van der Waals surface area contributed by atoms with Gasteiger partial charge in [-0.05, 0) is 93.1 Å². The predicted molar refractivity (Wildman–Crippen MR) is 205 cm³/mol. The molecule has 298 valence electrons. The number of anilines is 2. The lowest BCUT2D eigenvalue weighted by Crippen LogP contribution is -2.45. The molecule has 56 heavy (non-hydrogen) atoms. The molecule has 2 atom stereocenters. The Labute approximate surface area is 326 Å². The van der Waals surface area contributed by atoms with E-state index in [9.17, 15) is 32.9 Å². The zero-order valence-electron chi connectivity index (χ0n) is 31.3. The fourth-order valence-electron chi connectivity index (χ4n) is 7.42. The number of ether oxygens (including phenoxy) is 1. The first-order chi connectivity index (χ1) is 26.9. The molecule has 0 saturated carbocycles. The molecule has 6 rings (SSSR count). The number of halogens is 2. The third-order valence-corrected chi connectivity index (χ3v) is 11.7. The second-order valence-electron chi connectivity index (χ2n) is 14.5. The highest BCUT2D eigenvalue weighted by Crippen LogP contribution is 2.33. The summed E-state index contributed by atoms with van der Waals surface area (Å²) in [6.45, 7) is 2.10. The molecular formula is C38H46F2N10O5S. The van der Waals surface area contributed by atoms with Crippen LogP contribution in [0.2, 0.25) is 0 Å². The molecule has 2 amide bonds. The van der Waals surface area contributed by atoms with Crippen molar-refractivity contribution in [2.75, 3.05) is 49.9 Å². The molecule has 18 heteroatoms. The predicted octanol–water partition coefficient (Wildman–Crippen LogP) is 3.68. The van der Waals surface area contributed by atoms with Gasteiger partial charge in [-0.3, -0.25) is 14.3 Å². The van der Waals surface area contributed by atoms with Crippen molar-refractivity contribution >= 4 is 46.0 Å². The van der Waals surface area contributed by atoms with E-state index in [1.54, 1.807) is 29.8 Å². The van der Waals surface area contributed by atoms with Crippen LogP contribution in [0.3, 0.4) is 0 Å². The quantitative estimate of drug-likeness (QED) is 0.0957. The highest BCUT2D eigenvalue weighted by molar-refractivity contribution is 7.82. The number of likely N-dealkylation sites (tertiary alicyclic amines) is 1. The molecule has 2 unspecified atom stereocenters. The molecule has 2 saturated heterocycles. The summed E-state index contributed by atoms with van der Waals surface area (Å²) in [4.78, 5) is 33.7. The zero-order chi connectivity index (χ0) is 39.8. The fraction of sp³-hybridized carbons (Fsp3) is 0.474. The maximum Gasteiger partial charge on any atom is 0.387 e. The Bertz CT molecular complexity index is 2060. The van der Waals surface area contributed by atoms with Gasteiger partial charge in [-0.15, -0.1) is 0 Å². The van der Waals surface area contributed by atoms with Crippen molar-refractivity contribution in [3.8, 4) is 11.8 Å². The number of carbonyl (C=O) groups is 2. The minimum Gasteiger partial charge on any atom is -0.432 e. The van der Waals surface area contributed by atoms with E-state index in [0.29, 0.717) is 72.6 Å². The average molecular weight is 793 g/mol. The summed E-state index contributed by atoms with van der Waals surface area (Å²) in [6, 6.07) is 13.6. The molecule has 2 aliphatic heterocycles. The molecule has 2 aromatic carbocycles. The second-order valence-corrected chi connectivity index (χ2v) is 16.0. The number of nitrogens with zero attached hydrogens (tertiary/aromatic N) is 7. The number of hydrogen-bond donors (Lipinski definition) is 4. The van der Waals surface area contributed by atoms with Gasteiger partial charge in [0.15, 0.2) is 11.6 Å². The van der Waals surface area contributed by atoms with E-state index in [2.05, 4.69) is 58.9 Å². The summed E-state index contributed by atoms with van der Waals surface area (Å²) < 4.78 is 46.4. The van der Waals surface area contributed by atoms with Gasteiger partial charge in [0, 0.05) is 57.5 Å². The lowest BCUT2D eigenvalue weighted by atomic mass is 9.87. The highest BCUT2D eigenvalue weighted by Gasteiger charge is 2.30. The van der Waals surface area contributed by atoms with Crippen LogP contribution in [-0.4, -0.2) is 108 Å². The Kier molecular flexibility index (Phi) is 13.2. The number of hydrogen-bond acceptors (Lipinski definition) is 11. The topological polar surface area (TPSA) is 191 Å². The van der Waals surface area contributed by atoms with E-state index in [1.165, 1.54) is 18.0 Å². The Morgan fingerprint density at radius 1 is 1.12 bits per heavy atom. The Balaban J connectivity index is 1.01. The fourth-order valence-corrected chi connectivity index (χ4v) is 8.69. The van der Waals surface area contributed by atoms with Crippen LogP contribution in [0, 0.1) is 11.3 Å². The first-order valence-electron chi connectivity index (χ1n) is 18.5.